The van der Waals surface area contributed by atoms with Crippen LogP contribution in [-0.2, 0) is 11.2 Å². The molecule has 1 aromatic heterocycles. The summed E-state index contributed by atoms with van der Waals surface area (Å²) in [5.74, 6) is 0.999. The zero-order valence-electron chi connectivity index (χ0n) is 10.2. The van der Waals surface area contributed by atoms with Crippen molar-refractivity contribution in [2.75, 3.05) is 6.54 Å². The highest BCUT2D eigenvalue weighted by atomic mass is 16.3. The van der Waals surface area contributed by atoms with Crippen LogP contribution in [0.2, 0.25) is 0 Å². The van der Waals surface area contributed by atoms with Gasteiger partial charge in [-0.05, 0) is 31.9 Å². The fourth-order valence-corrected chi connectivity index (χ4v) is 2.29. The van der Waals surface area contributed by atoms with Gasteiger partial charge in [-0.3, -0.25) is 4.79 Å². The second-order valence-electron chi connectivity index (χ2n) is 5.00. The molecule has 0 radical (unpaired) electrons. The van der Waals surface area contributed by atoms with Gasteiger partial charge in [-0.2, -0.15) is 0 Å². The number of hydrogen-bond acceptors (Lipinski definition) is 3. The van der Waals surface area contributed by atoms with Crippen LogP contribution in [-0.4, -0.2) is 18.5 Å². The summed E-state index contributed by atoms with van der Waals surface area (Å²) in [5, 5.41) is 3.03. The highest BCUT2D eigenvalue weighted by Gasteiger charge is 2.43. The van der Waals surface area contributed by atoms with E-state index in [2.05, 4.69) is 5.32 Å². The Balaban J connectivity index is 1.86. The fourth-order valence-electron chi connectivity index (χ4n) is 2.29. The normalized spacial score (nSPS) is 19.4. The standard InChI is InChI=1S/C13H20N2O2/c1-10(8-11-4-2-7-17-11)15-12(16)13(9-14)5-3-6-13/h2,4,7,10H,3,5-6,8-9,14H2,1H3,(H,15,16). The molecule has 0 bridgehead atoms. The van der Waals surface area contributed by atoms with E-state index in [9.17, 15) is 4.79 Å². The Morgan fingerprint density at radius 1 is 1.65 bits per heavy atom. The van der Waals surface area contributed by atoms with E-state index in [4.69, 9.17) is 10.2 Å². The van der Waals surface area contributed by atoms with Crippen LogP contribution >= 0.6 is 0 Å². The van der Waals surface area contributed by atoms with E-state index < -0.39 is 0 Å². The smallest absolute Gasteiger partial charge is 0.227 e. The molecule has 1 aromatic rings. The van der Waals surface area contributed by atoms with E-state index in [1.54, 1.807) is 6.26 Å². The molecule has 1 unspecified atom stereocenters. The number of rotatable bonds is 5. The molecule has 1 aliphatic carbocycles. The lowest BCUT2D eigenvalue weighted by Crippen LogP contribution is -2.52. The maximum absolute atomic E-state index is 12.1. The molecule has 1 saturated carbocycles. The van der Waals surface area contributed by atoms with Crippen LogP contribution < -0.4 is 11.1 Å². The molecular formula is C13H20N2O2. The van der Waals surface area contributed by atoms with Gasteiger partial charge in [0.25, 0.3) is 0 Å². The molecular weight excluding hydrogens is 216 g/mol. The lowest BCUT2D eigenvalue weighted by atomic mass is 9.68. The summed E-state index contributed by atoms with van der Waals surface area (Å²) in [6, 6.07) is 3.86. The van der Waals surface area contributed by atoms with Gasteiger partial charge in [0.05, 0.1) is 11.7 Å². The molecule has 17 heavy (non-hydrogen) atoms. The summed E-state index contributed by atoms with van der Waals surface area (Å²) >= 11 is 0. The molecule has 0 spiro atoms. The lowest BCUT2D eigenvalue weighted by molar-refractivity contribution is -0.135. The molecule has 1 amide bonds. The first-order valence-electron chi connectivity index (χ1n) is 6.20. The number of carbonyl (C=O) groups is 1. The summed E-state index contributed by atoms with van der Waals surface area (Å²) in [6.07, 6.45) is 5.32. The van der Waals surface area contributed by atoms with Crippen LogP contribution in [0, 0.1) is 5.41 Å². The predicted molar refractivity (Wildman–Crippen MR) is 65.4 cm³/mol. The van der Waals surface area contributed by atoms with Crippen molar-refractivity contribution in [2.45, 2.75) is 38.6 Å². The number of amides is 1. The van der Waals surface area contributed by atoms with Crippen molar-refractivity contribution >= 4 is 5.91 Å². The van der Waals surface area contributed by atoms with Crippen LogP contribution in [0.25, 0.3) is 0 Å². The Bertz CT molecular complexity index is 363. The molecule has 4 heteroatoms. The maximum atomic E-state index is 12.1. The largest absolute Gasteiger partial charge is 0.469 e. The Morgan fingerprint density at radius 3 is 2.88 bits per heavy atom. The van der Waals surface area contributed by atoms with Gasteiger partial charge < -0.3 is 15.5 Å². The molecule has 1 atom stereocenters. The second kappa shape index (κ2) is 4.92. The summed E-state index contributed by atoms with van der Waals surface area (Å²) in [4.78, 5) is 12.1. The summed E-state index contributed by atoms with van der Waals surface area (Å²) in [5.41, 5.74) is 5.41. The summed E-state index contributed by atoms with van der Waals surface area (Å²) in [7, 11) is 0. The van der Waals surface area contributed by atoms with Gasteiger partial charge in [0, 0.05) is 19.0 Å². The third-order valence-electron chi connectivity index (χ3n) is 3.65. The molecule has 2 rings (SSSR count). The second-order valence-corrected chi connectivity index (χ2v) is 5.00. The van der Waals surface area contributed by atoms with Crippen molar-refractivity contribution in [3.63, 3.8) is 0 Å². The van der Waals surface area contributed by atoms with Gasteiger partial charge in [0.15, 0.2) is 0 Å². The van der Waals surface area contributed by atoms with Gasteiger partial charge in [-0.15, -0.1) is 0 Å². The van der Waals surface area contributed by atoms with Crippen molar-refractivity contribution in [1.82, 2.24) is 5.32 Å². The molecule has 1 fully saturated rings. The number of nitrogens with two attached hydrogens (primary N) is 1. The van der Waals surface area contributed by atoms with E-state index in [1.165, 1.54) is 0 Å². The first-order valence-corrected chi connectivity index (χ1v) is 6.20. The van der Waals surface area contributed by atoms with E-state index >= 15 is 0 Å². The topological polar surface area (TPSA) is 68.3 Å². The number of carbonyl (C=O) groups excluding carboxylic acids is 1. The molecule has 94 valence electrons. The third kappa shape index (κ3) is 2.52. The van der Waals surface area contributed by atoms with Gasteiger partial charge >= 0.3 is 0 Å². The van der Waals surface area contributed by atoms with Gasteiger partial charge in [0.2, 0.25) is 5.91 Å². The molecule has 3 N–H and O–H groups in total. The van der Waals surface area contributed by atoms with Crippen LogP contribution in [0.3, 0.4) is 0 Å². The SMILES string of the molecule is CC(Cc1ccco1)NC(=O)C1(CN)CCC1. The Hall–Kier alpha value is -1.29. The Kier molecular flexibility index (Phi) is 3.52. The fraction of sp³-hybridized carbons (Fsp3) is 0.615. The minimum Gasteiger partial charge on any atom is -0.469 e. The molecule has 0 saturated heterocycles. The first-order chi connectivity index (χ1) is 8.16. The van der Waals surface area contributed by atoms with Crippen LogP contribution in [0.4, 0.5) is 0 Å². The van der Waals surface area contributed by atoms with Crippen LogP contribution in [0.15, 0.2) is 22.8 Å². The Morgan fingerprint density at radius 2 is 2.41 bits per heavy atom. The predicted octanol–water partition coefficient (Wildman–Crippen LogP) is 1.46. The summed E-state index contributed by atoms with van der Waals surface area (Å²) < 4.78 is 5.26. The highest BCUT2D eigenvalue weighted by Crippen LogP contribution is 2.40. The monoisotopic (exact) mass is 236 g/mol. The van der Waals surface area contributed by atoms with Crippen molar-refractivity contribution in [1.29, 1.82) is 0 Å². The summed E-state index contributed by atoms with van der Waals surface area (Å²) in [6.45, 7) is 2.44. The van der Waals surface area contributed by atoms with E-state index in [-0.39, 0.29) is 17.4 Å². The zero-order chi connectivity index (χ0) is 12.3. The maximum Gasteiger partial charge on any atom is 0.227 e. The molecule has 1 aliphatic rings. The number of hydrogen-bond donors (Lipinski definition) is 2. The minimum absolute atomic E-state index is 0.0812. The van der Waals surface area contributed by atoms with Crippen molar-refractivity contribution < 1.29 is 9.21 Å². The highest BCUT2D eigenvalue weighted by molar-refractivity contribution is 5.84. The average Bonchev–Trinajstić information content (AvgIpc) is 2.69. The lowest BCUT2D eigenvalue weighted by Gasteiger charge is -2.39. The van der Waals surface area contributed by atoms with E-state index in [1.807, 2.05) is 19.1 Å². The van der Waals surface area contributed by atoms with Crippen molar-refractivity contribution in [2.24, 2.45) is 11.1 Å². The van der Waals surface area contributed by atoms with Gasteiger partial charge in [0.1, 0.15) is 5.76 Å². The van der Waals surface area contributed by atoms with Gasteiger partial charge in [-0.25, -0.2) is 0 Å². The zero-order valence-corrected chi connectivity index (χ0v) is 10.2. The molecule has 0 aromatic carbocycles. The molecule has 1 heterocycles. The van der Waals surface area contributed by atoms with Crippen LogP contribution in [0.1, 0.15) is 31.9 Å². The van der Waals surface area contributed by atoms with Crippen LogP contribution in [0.5, 0.6) is 0 Å². The first kappa shape index (κ1) is 12.2. The number of nitrogens with one attached hydrogen (secondary N) is 1. The van der Waals surface area contributed by atoms with Crippen molar-refractivity contribution in [3.8, 4) is 0 Å². The number of furan rings is 1. The molecule has 4 nitrogen and oxygen atoms in total. The van der Waals surface area contributed by atoms with E-state index in [0.29, 0.717) is 6.54 Å². The van der Waals surface area contributed by atoms with E-state index in [0.717, 1.165) is 31.4 Å². The quantitative estimate of drug-likeness (QED) is 0.813. The molecule has 0 aliphatic heterocycles. The third-order valence-corrected chi connectivity index (χ3v) is 3.65. The van der Waals surface area contributed by atoms with Crippen molar-refractivity contribution in [3.05, 3.63) is 24.2 Å². The Labute approximate surface area is 102 Å². The van der Waals surface area contributed by atoms with Gasteiger partial charge in [-0.1, -0.05) is 6.42 Å². The average molecular weight is 236 g/mol. The minimum atomic E-state index is -0.294.